The molecular formula is C12H21N3O2. The van der Waals surface area contributed by atoms with E-state index >= 15 is 0 Å². The molecule has 5 heteroatoms. The Kier molecular flexibility index (Phi) is 3.93. The second-order valence-corrected chi connectivity index (χ2v) is 5.15. The molecule has 0 saturated heterocycles. The van der Waals surface area contributed by atoms with Crippen molar-refractivity contribution in [1.82, 2.24) is 14.7 Å². The first-order chi connectivity index (χ1) is 7.69. The van der Waals surface area contributed by atoms with Crippen molar-refractivity contribution < 1.29 is 9.90 Å². The van der Waals surface area contributed by atoms with Crippen molar-refractivity contribution in [1.29, 1.82) is 0 Å². The molecule has 5 nitrogen and oxygen atoms in total. The first-order valence-electron chi connectivity index (χ1n) is 5.66. The lowest BCUT2D eigenvalue weighted by atomic mass is 10.1. The van der Waals surface area contributed by atoms with Gasteiger partial charge in [-0.3, -0.25) is 9.48 Å². The molecule has 1 aromatic rings. The Labute approximate surface area is 102 Å². The van der Waals surface area contributed by atoms with E-state index in [1.54, 1.807) is 25.6 Å². The minimum atomic E-state index is -0.876. The van der Waals surface area contributed by atoms with Crippen LogP contribution < -0.4 is 0 Å². The van der Waals surface area contributed by atoms with Crippen LogP contribution in [0, 0.1) is 13.8 Å². The van der Waals surface area contributed by atoms with Crippen molar-refractivity contribution in [2.45, 2.75) is 39.8 Å². The van der Waals surface area contributed by atoms with Gasteiger partial charge in [0.15, 0.2) is 0 Å². The third-order valence-corrected chi connectivity index (χ3v) is 2.44. The van der Waals surface area contributed by atoms with Gasteiger partial charge in [0.2, 0.25) is 5.91 Å². The van der Waals surface area contributed by atoms with E-state index in [9.17, 15) is 9.90 Å². The molecule has 0 spiro atoms. The van der Waals surface area contributed by atoms with Gasteiger partial charge in [-0.05, 0) is 33.8 Å². The predicted octanol–water partition coefficient (Wildman–Crippen LogP) is 0.729. The lowest BCUT2D eigenvalue weighted by molar-refractivity contribution is -0.133. The van der Waals surface area contributed by atoms with Gasteiger partial charge < -0.3 is 10.0 Å². The highest BCUT2D eigenvalue weighted by Gasteiger charge is 2.20. The molecule has 17 heavy (non-hydrogen) atoms. The van der Waals surface area contributed by atoms with Crippen LogP contribution in [0.2, 0.25) is 0 Å². The summed E-state index contributed by atoms with van der Waals surface area (Å²) in [6.45, 7) is 7.70. The molecule has 1 N–H and O–H groups in total. The highest BCUT2D eigenvalue weighted by atomic mass is 16.3. The number of nitrogens with zero attached hydrogens (tertiary/aromatic N) is 3. The maximum Gasteiger partial charge on any atom is 0.244 e. The van der Waals surface area contributed by atoms with E-state index in [0.717, 1.165) is 11.4 Å². The largest absolute Gasteiger partial charge is 0.389 e. The minimum absolute atomic E-state index is 0.0571. The summed E-state index contributed by atoms with van der Waals surface area (Å²) in [5.41, 5.74) is 0.993. The molecule has 1 aromatic heterocycles. The fourth-order valence-corrected chi connectivity index (χ4v) is 1.75. The molecule has 0 bridgehead atoms. The highest BCUT2D eigenvalue weighted by Crippen LogP contribution is 2.06. The number of amides is 1. The molecule has 0 aliphatic rings. The summed E-state index contributed by atoms with van der Waals surface area (Å²) in [5.74, 6) is -0.0571. The van der Waals surface area contributed by atoms with Crippen LogP contribution in [-0.4, -0.2) is 44.9 Å². The average Bonchev–Trinajstić information content (AvgIpc) is 2.42. The number of likely N-dealkylation sites (N-methyl/N-ethyl adjacent to an activating group) is 1. The van der Waals surface area contributed by atoms with E-state index in [0.29, 0.717) is 6.54 Å². The summed E-state index contributed by atoms with van der Waals surface area (Å²) in [6, 6.07) is 1.93. The molecule has 0 aliphatic heterocycles. The molecule has 1 rings (SSSR count). The summed E-state index contributed by atoms with van der Waals surface area (Å²) in [5, 5.41) is 13.9. The summed E-state index contributed by atoms with van der Waals surface area (Å²) in [4.78, 5) is 13.4. The first kappa shape index (κ1) is 13.7. The monoisotopic (exact) mass is 239 g/mol. The van der Waals surface area contributed by atoms with Crippen molar-refractivity contribution in [3.05, 3.63) is 17.5 Å². The van der Waals surface area contributed by atoms with E-state index in [1.165, 1.54) is 4.90 Å². The van der Waals surface area contributed by atoms with E-state index in [-0.39, 0.29) is 12.5 Å². The molecule has 0 saturated carbocycles. The number of carbonyl (C=O) groups is 1. The van der Waals surface area contributed by atoms with Crippen LogP contribution in [0.3, 0.4) is 0 Å². The molecule has 0 aliphatic carbocycles. The second kappa shape index (κ2) is 4.87. The Morgan fingerprint density at radius 2 is 2.12 bits per heavy atom. The third kappa shape index (κ3) is 4.19. The summed E-state index contributed by atoms with van der Waals surface area (Å²) >= 11 is 0. The van der Waals surface area contributed by atoms with Gasteiger partial charge in [0.05, 0.1) is 11.3 Å². The van der Waals surface area contributed by atoms with E-state index in [4.69, 9.17) is 0 Å². The lowest BCUT2D eigenvalue weighted by Crippen LogP contribution is -2.41. The van der Waals surface area contributed by atoms with E-state index < -0.39 is 5.60 Å². The van der Waals surface area contributed by atoms with Crippen molar-refractivity contribution in [2.75, 3.05) is 13.6 Å². The smallest absolute Gasteiger partial charge is 0.244 e. The normalized spacial score (nSPS) is 11.6. The highest BCUT2D eigenvalue weighted by molar-refractivity contribution is 5.75. The van der Waals surface area contributed by atoms with Crippen molar-refractivity contribution in [3.8, 4) is 0 Å². The van der Waals surface area contributed by atoms with Gasteiger partial charge in [0.25, 0.3) is 0 Å². The molecule has 96 valence electrons. The number of rotatable bonds is 4. The molecule has 0 fully saturated rings. The third-order valence-electron chi connectivity index (χ3n) is 2.44. The zero-order valence-corrected chi connectivity index (χ0v) is 11.2. The van der Waals surface area contributed by atoms with Crippen LogP contribution in [0.4, 0.5) is 0 Å². The molecule has 1 heterocycles. The number of hydrogen-bond acceptors (Lipinski definition) is 3. The van der Waals surface area contributed by atoms with Crippen molar-refractivity contribution in [2.24, 2.45) is 0 Å². The molecule has 0 unspecified atom stereocenters. The van der Waals surface area contributed by atoms with Gasteiger partial charge in [0.1, 0.15) is 6.54 Å². The van der Waals surface area contributed by atoms with Gasteiger partial charge in [0, 0.05) is 19.3 Å². The maximum absolute atomic E-state index is 11.9. The topological polar surface area (TPSA) is 58.4 Å². The van der Waals surface area contributed by atoms with Gasteiger partial charge in [-0.15, -0.1) is 0 Å². The van der Waals surface area contributed by atoms with Crippen molar-refractivity contribution in [3.63, 3.8) is 0 Å². The number of aryl methyl sites for hydroxylation is 2. The quantitative estimate of drug-likeness (QED) is 0.842. The summed E-state index contributed by atoms with van der Waals surface area (Å²) < 4.78 is 1.68. The van der Waals surface area contributed by atoms with Crippen LogP contribution in [0.25, 0.3) is 0 Å². The summed E-state index contributed by atoms with van der Waals surface area (Å²) in [6.07, 6.45) is 0. The summed E-state index contributed by atoms with van der Waals surface area (Å²) in [7, 11) is 1.69. The maximum atomic E-state index is 11.9. The molecule has 0 aromatic carbocycles. The van der Waals surface area contributed by atoms with Crippen LogP contribution in [-0.2, 0) is 11.3 Å². The van der Waals surface area contributed by atoms with Gasteiger partial charge >= 0.3 is 0 Å². The number of aliphatic hydroxyl groups is 1. The fraction of sp³-hybridized carbons (Fsp3) is 0.667. The zero-order chi connectivity index (χ0) is 13.2. The molecule has 0 atom stereocenters. The fourth-order valence-electron chi connectivity index (χ4n) is 1.75. The SMILES string of the molecule is Cc1cc(C)n(CC(=O)N(C)CC(C)(C)O)n1. The van der Waals surface area contributed by atoms with Gasteiger partial charge in [-0.25, -0.2) is 0 Å². The molecule has 1 amide bonds. The van der Waals surface area contributed by atoms with Gasteiger partial charge in [-0.2, -0.15) is 5.10 Å². The molecule has 0 radical (unpaired) electrons. The van der Waals surface area contributed by atoms with Crippen LogP contribution in [0.15, 0.2) is 6.07 Å². The van der Waals surface area contributed by atoms with Crippen LogP contribution >= 0.6 is 0 Å². The Morgan fingerprint density at radius 3 is 2.53 bits per heavy atom. The average molecular weight is 239 g/mol. The first-order valence-corrected chi connectivity index (χ1v) is 5.66. The van der Waals surface area contributed by atoms with Crippen LogP contribution in [0.1, 0.15) is 25.2 Å². The van der Waals surface area contributed by atoms with Crippen LogP contribution in [0.5, 0.6) is 0 Å². The lowest BCUT2D eigenvalue weighted by Gasteiger charge is -2.25. The number of hydrogen-bond donors (Lipinski definition) is 1. The Balaban J connectivity index is 2.63. The Bertz CT molecular complexity index is 404. The second-order valence-electron chi connectivity index (χ2n) is 5.15. The Hall–Kier alpha value is -1.36. The van der Waals surface area contributed by atoms with Gasteiger partial charge in [-0.1, -0.05) is 0 Å². The Morgan fingerprint density at radius 1 is 1.53 bits per heavy atom. The van der Waals surface area contributed by atoms with E-state index in [2.05, 4.69) is 5.10 Å². The standard InChI is InChI=1S/C12H21N3O2/c1-9-6-10(2)15(13-9)7-11(16)14(5)8-12(3,4)17/h6,17H,7-8H2,1-5H3. The number of carbonyl (C=O) groups excluding carboxylic acids is 1. The van der Waals surface area contributed by atoms with Crippen molar-refractivity contribution >= 4 is 5.91 Å². The predicted molar refractivity (Wildman–Crippen MR) is 65.6 cm³/mol. The van der Waals surface area contributed by atoms with E-state index in [1.807, 2.05) is 19.9 Å². The molecular weight excluding hydrogens is 218 g/mol. The number of aromatic nitrogens is 2. The zero-order valence-electron chi connectivity index (χ0n) is 11.2. The minimum Gasteiger partial charge on any atom is -0.389 e.